The van der Waals surface area contributed by atoms with E-state index in [1.54, 1.807) is 12.1 Å². The molecule has 0 spiro atoms. The Hall–Kier alpha value is -2.97. The van der Waals surface area contributed by atoms with Crippen molar-refractivity contribution >= 4 is 26.9 Å². The van der Waals surface area contributed by atoms with E-state index in [4.69, 9.17) is 9.47 Å². The molecule has 1 aromatic heterocycles. The zero-order chi connectivity index (χ0) is 22.6. The van der Waals surface area contributed by atoms with E-state index in [1.165, 1.54) is 26.2 Å². The molecule has 0 saturated heterocycles. The molecule has 0 aliphatic rings. The van der Waals surface area contributed by atoms with E-state index in [0.29, 0.717) is 23.4 Å². The first-order chi connectivity index (χ1) is 14.8. The highest BCUT2D eigenvalue weighted by Gasteiger charge is 2.19. The Labute approximate surface area is 182 Å². The van der Waals surface area contributed by atoms with Crippen LogP contribution in [0, 0.1) is 6.92 Å². The second kappa shape index (κ2) is 9.45. The summed E-state index contributed by atoms with van der Waals surface area (Å²) in [5.74, 6) is 0.0650. The molecular weight excluding hydrogens is 416 g/mol. The molecule has 0 fully saturated rings. The molecule has 1 heterocycles. The summed E-state index contributed by atoms with van der Waals surface area (Å²) >= 11 is 0. The summed E-state index contributed by atoms with van der Waals surface area (Å²) in [5.41, 5.74) is 2.92. The number of aryl methyl sites for hydroxylation is 2. The van der Waals surface area contributed by atoms with Crippen LogP contribution >= 0.6 is 0 Å². The fourth-order valence-corrected chi connectivity index (χ4v) is 4.15. The molecule has 164 valence electrons. The normalized spacial score (nSPS) is 11.6. The molecule has 0 bridgehead atoms. The zero-order valence-corrected chi connectivity index (χ0v) is 18.9. The van der Waals surface area contributed by atoms with Gasteiger partial charge in [-0.15, -0.1) is 0 Å². The third-order valence-electron chi connectivity index (χ3n) is 4.95. The van der Waals surface area contributed by atoms with E-state index in [1.807, 2.05) is 38.1 Å². The average molecular weight is 443 g/mol. The zero-order valence-electron chi connectivity index (χ0n) is 18.1. The Balaban J connectivity index is 1.63. The van der Waals surface area contributed by atoms with E-state index < -0.39 is 16.0 Å². The van der Waals surface area contributed by atoms with Gasteiger partial charge in [0.05, 0.1) is 21.7 Å². The lowest BCUT2D eigenvalue weighted by Crippen LogP contribution is -2.22. The third-order valence-corrected chi connectivity index (χ3v) is 6.78. The van der Waals surface area contributed by atoms with Crippen LogP contribution in [-0.4, -0.2) is 51.0 Å². The predicted octanol–water partition coefficient (Wildman–Crippen LogP) is 3.59. The van der Waals surface area contributed by atoms with Gasteiger partial charge < -0.3 is 9.47 Å². The van der Waals surface area contributed by atoms with E-state index in [9.17, 15) is 13.2 Å². The molecule has 0 aliphatic heterocycles. The second-order valence-corrected chi connectivity index (χ2v) is 9.32. The first-order valence-electron chi connectivity index (χ1n) is 9.96. The van der Waals surface area contributed by atoms with Crippen LogP contribution in [0.15, 0.2) is 53.4 Å². The Morgan fingerprint density at radius 2 is 1.71 bits per heavy atom. The molecule has 0 unspecified atom stereocenters. The van der Waals surface area contributed by atoms with Crippen molar-refractivity contribution in [2.24, 2.45) is 0 Å². The number of para-hydroxylation sites is 1. The highest BCUT2D eigenvalue weighted by molar-refractivity contribution is 7.89. The van der Waals surface area contributed by atoms with Crippen LogP contribution in [0.4, 0.5) is 0 Å². The van der Waals surface area contributed by atoms with Crippen LogP contribution in [-0.2, 0) is 21.2 Å². The van der Waals surface area contributed by atoms with E-state index in [0.717, 1.165) is 20.8 Å². The number of carbonyl (C=O) groups is 1. The summed E-state index contributed by atoms with van der Waals surface area (Å²) in [6.45, 7) is 4.06. The monoisotopic (exact) mass is 442 g/mol. The van der Waals surface area contributed by atoms with Gasteiger partial charge >= 0.3 is 5.97 Å². The smallest absolute Gasteiger partial charge is 0.340 e. The van der Waals surface area contributed by atoms with Gasteiger partial charge in [-0.1, -0.05) is 25.1 Å². The highest BCUT2D eigenvalue weighted by atomic mass is 32.2. The summed E-state index contributed by atoms with van der Waals surface area (Å²) < 4.78 is 36.3. The van der Waals surface area contributed by atoms with Crippen LogP contribution in [0.25, 0.3) is 10.9 Å². The number of sulfonamides is 1. The lowest BCUT2D eigenvalue weighted by atomic mass is 10.0. The summed E-state index contributed by atoms with van der Waals surface area (Å²) in [6.07, 6.45) is 0.620. The average Bonchev–Trinajstić information content (AvgIpc) is 2.76. The maximum atomic E-state index is 12.7. The quantitative estimate of drug-likeness (QED) is 0.391. The summed E-state index contributed by atoms with van der Waals surface area (Å²) in [5, 5.41) is 0.927. The number of pyridine rings is 1. The number of hydrogen-bond acceptors (Lipinski definition) is 6. The molecule has 31 heavy (non-hydrogen) atoms. The van der Waals surface area contributed by atoms with Crippen LogP contribution in [0.1, 0.15) is 28.5 Å². The van der Waals surface area contributed by atoms with Crippen molar-refractivity contribution in [2.75, 3.05) is 27.3 Å². The first-order valence-corrected chi connectivity index (χ1v) is 11.4. The number of nitrogens with zero attached hydrogens (tertiary/aromatic N) is 2. The Bertz CT molecular complexity index is 1190. The van der Waals surface area contributed by atoms with Gasteiger partial charge in [0, 0.05) is 19.5 Å². The number of ether oxygens (including phenoxy) is 2. The van der Waals surface area contributed by atoms with Crippen LogP contribution in [0.3, 0.4) is 0 Å². The summed E-state index contributed by atoms with van der Waals surface area (Å²) in [4.78, 5) is 17.5. The van der Waals surface area contributed by atoms with Crippen molar-refractivity contribution < 1.29 is 22.7 Å². The van der Waals surface area contributed by atoms with Gasteiger partial charge in [0.2, 0.25) is 10.0 Å². The molecule has 0 N–H and O–H groups in total. The van der Waals surface area contributed by atoms with Gasteiger partial charge in [0.1, 0.15) is 19.0 Å². The van der Waals surface area contributed by atoms with E-state index >= 15 is 0 Å². The minimum absolute atomic E-state index is 0.0615. The third kappa shape index (κ3) is 4.86. The maximum absolute atomic E-state index is 12.7. The molecule has 7 nitrogen and oxygen atoms in total. The maximum Gasteiger partial charge on any atom is 0.340 e. The molecule has 3 rings (SSSR count). The fourth-order valence-electron chi connectivity index (χ4n) is 3.25. The van der Waals surface area contributed by atoms with Crippen molar-refractivity contribution in [1.29, 1.82) is 0 Å². The topological polar surface area (TPSA) is 85.8 Å². The van der Waals surface area contributed by atoms with Gasteiger partial charge in [-0.05, 0) is 49.2 Å². The van der Waals surface area contributed by atoms with E-state index in [2.05, 4.69) is 4.98 Å². The molecule has 2 aromatic carbocycles. The second-order valence-electron chi connectivity index (χ2n) is 7.17. The Morgan fingerprint density at radius 3 is 2.35 bits per heavy atom. The van der Waals surface area contributed by atoms with Crippen LogP contribution in [0.2, 0.25) is 0 Å². The standard InChI is InChI=1S/C23H26N2O5S/c1-5-20-22(16(2)19-8-6-7-9-21(19)24-20)23(26)30-15-14-29-17-10-12-18(13-11-17)31(27,28)25(3)4/h6-13H,5,14-15H2,1-4H3. The molecule has 0 saturated carbocycles. The van der Waals surface area contributed by atoms with Crippen LogP contribution in [0.5, 0.6) is 5.75 Å². The largest absolute Gasteiger partial charge is 0.490 e. The minimum atomic E-state index is -3.48. The number of fused-ring (bicyclic) bond motifs is 1. The highest BCUT2D eigenvalue weighted by Crippen LogP contribution is 2.24. The van der Waals surface area contributed by atoms with Gasteiger partial charge in [0.25, 0.3) is 0 Å². The molecule has 0 amide bonds. The number of rotatable bonds is 8. The van der Waals surface area contributed by atoms with Crippen LogP contribution < -0.4 is 4.74 Å². The number of esters is 1. The summed E-state index contributed by atoms with van der Waals surface area (Å²) in [7, 11) is -0.531. The fraction of sp³-hybridized carbons (Fsp3) is 0.304. The molecule has 3 aromatic rings. The lowest BCUT2D eigenvalue weighted by Gasteiger charge is -2.14. The summed E-state index contributed by atoms with van der Waals surface area (Å²) in [6, 6.07) is 13.8. The lowest BCUT2D eigenvalue weighted by molar-refractivity contribution is 0.0448. The van der Waals surface area contributed by atoms with Crippen molar-refractivity contribution in [3.8, 4) is 5.75 Å². The molecule has 0 radical (unpaired) electrons. The number of benzene rings is 2. The van der Waals surface area contributed by atoms with Crippen molar-refractivity contribution in [2.45, 2.75) is 25.2 Å². The molecule has 0 atom stereocenters. The van der Waals surface area contributed by atoms with Gasteiger partial charge in [-0.2, -0.15) is 0 Å². The van der Waals surface area contributed by atoms with Crippen molar-refractivity contribution in [1.82, 2.24) is 9.29 Å². The van der Waals surface area contributed by atoms with E-state index in [-0.39, 0.29) is 18.1 Å². The SMILES string of the molecule is CCc1nc2ccccc2c(C)c1C(=O)OCCOc1ccc(S(=O)(=O)N(C)C)cc1. The molecular formula is C23H26N2O5S. The van der Waals surface area contributed by atoms with Gasteiger partial charge in [-0.25, -0.2) is 17.5 Å². The Morgan fingerprint density at radius 1 is 1.03 bits per heavy atom. The number of aromatic nitrogens is 1. The number of carbonyl (C=O) groups excluding carboxylic acids is 1. The van der Waals surface area contributed by atoms with Gasteiger partial charge in [-0.3, -0.25) is 4.98 Å². The number of hydrogen-bond donors (Lipinski definition) is 0. The Kier molecular flexibility index (Phi) is 6.92. The predicted molar refractivity (Wildman–Crippen MR) is 119 cm³/mol. The molecule has 8 heteroatoms. The van der Waals surface area contributed by atoms with Crippen molar-refractivity contribution in [3.63, 3.8) is 0 Å². The van der Waals surface area contributed by atoms with Gasteiger partial charge in [0.15, 0.2) is 0 Å². The minimum Gasteiger partial charge on any atom is -0.490 e. The van der Waals surface area contributed by atoms with Crippen molar-refractivity contribution in [3.05, 3.63) is 65.4 Å². The molecule has 0 aliphatic carbocycles. The first kappa shape index (κ1) is 22.7.